The molecule has 142 valence electrons. The summed E-state index contributed by atoms with van der Waals surface area (Å²) in [7, 11) is 1.63. The zero-order chi connectivity index (χ0) is 19.2. The average molecular weight is 403 g/mol. The van der Waals surface area contributed by atoms with Crippen LogP contribution in [0.25, 0.3) is 10.7 Å². The molecule has 0 unspecified atom stereocenters. The molecular weight excluding hydrogens is 380 g/mol. The van der Waals surface area contributed by atoms with Gasteiger partial charge in [-0.1, -0.05) is 36.0 Å². The van der Waals surface area contributed by atoms with Crippen LogP contribution in [0.5, 0.6) is 5.75 Å². The number of nitrogens with one attached hydrogen (secondary N) is 1. The molecule has 1 amide bonds. The Balaban J connectivity index is 1.65. The first-order chi connectivity index (χ1) is 13.1. The van der Waals surface area contributed by atoms with Crippen LogP contribution in [0.4, 0.5) is 0 Å². The van der Waals surface area contributed by atoms with E-state index in [2.05, 4.69) is 22.4 Å². The molecule has 6 nitrogen and oxygen atoms in total. The molecule has 0 aliphatic rings. The van der Waals surface area contributed by atoms with Gasteiger partial charge in [0, 0.05) is 18.7 Å². The van der Waals surface area contributed by atoms with Crippen molar-refractivity contribution in [3.05, 3.63) is 47.3 Å². The Morgan fingerprint density at radius 3 is 2.81 bits per heavy atom. The molecule has 1 atom stereocenters. The lowest BCUT2D eigenvalue weighted by Crippen LogP contribution is -2.30. The maximum absolute atomic E-state index is 12.5. The van der Waals surface area contributed by atoms with Crippen LogP contribution in [0, 0.1) is 0 Å². The third-order valence-electron chi connectivity index (χ3n) is 4.07. The van der Waals surface area contributed by atoms with Crippen LogP contribution in [0.1, 0.15) is 19.4 Å². The van der Waals surface area contributed by atoms with Crippen LogP contribution < -0.4 is 10.1 Å². The number of benzene rings is 1. The van der Waals surface area contributed by atoms with E-state index >= 15 is 0 Å². The summed E-state index contributed by atoms with van der Waals surface area (Å²) in [5.74, 6) is 1.57. The van der Waals surface area contributed by atoms with Gasteiger partial charge >= 0.3 is 0 Å². The summed E-state index contributed by atoms with van der Waals surface area (Å²) in [4.78, 5) is 13.6. The number of hydrogen-bond donors (Lipinski definition) is 1. The number of carbonyl (C=O) groups is 1. The van der Waals surface area contributed by atoms with Gasteiger partial charge in [-0.25, -0.2) is 0 Å². The number of thioether (sulfide) groups is 1. The highest BCUT2D eigenvalue weighted by molar-refractivity contribution is 8.00. The van der Waals surface area contributed by atoms with Gasteiger partial charge in [-0.05, 0) is 31.4 Å². The normalized spacial score (nSPS) is 12.0. The molecule has 0 radical (unpaired) electrons. The SMILES string of the molecule is CCn1c(S[C@@H](C)C(=O)NCc2ccccc2OC)nnc1-c1cccs1. The van der Waals surface area contributed by atoms with E-state index in [9.17, 15) is 4.79 Å². The number of para-hydroxylation sites is 1. The molecule has 2 aromatic heterocycles. The van der Waals surface area contributed by atoms with E-state index in [4.69, 9.17) is 4.74 Å². The molecule has 1 aromatic carbocycles. The monoisotopic (exact) mass is 402 g/mol. The van der Waals surface area contributed by atoms with Crippen LogP contribution in [-0.2, 0) is 17.9 Å². The van der Waals surface area contributed by atoms with Crippen LogP contribution >= 0.6 is 23.1 Å². The maximum atomic E-state index is 12.5. The summed E-state index contributed by atoms with van der Waals surface area (Å²) < 4.78 is 7.37. The minimum atomic E-state index is -0.287. The van der Waals surface area contributed by atoms with E-state index in [1.54, 1.807) is 18.4 Å². The van der Waals surface area contributed by atoms with Gasteiger partial charge in [-0.2, -0.15) is 0 Å². The fourth-order valence-electron chi connectivity index (χ4n) is 2.64. The summed E-state index contributed by atoms with van der Waals surface area (Å²) in [5.41, 5.74) is 0.947. The molecule has 2 heterocycles. The smallest absolute Gasteiger partial charge is 0.233 e. The van der Waals surface area contributed by atoms with Crippen LogP contribution in [0.2, 0.25) is 0 Å². The van der Waals surface area contributed by atoms with Gasteiger partial charge in [-0.3, -0.25) is 4.79 Å². The van der Waals surface area contributed by atoms with E-state index in [0.29, 0.717) is 6.54 Å². The Morgan fingerprint density at radius 2 is 2.11 bits per heavy atom. The van der Waals surface area contributed by atoms with Crippen molar-refractivity contribution in [2.45, 2.75) is 37.3 Å². The molecule has 8 heteroatoms. The molecule has 0 spiro atoms. The quantitative estimate of drug-likeness (QED) is 0.580. The summed E-state index contributed by atoms with van der Waals surface area (Å²) >= 11 is 3.05. The molecular formula is C19H22N4O2S2. The van der Waals surface area contributed by atoms with Crippen molar-refractivity contribution in [2.75, 3.05) is 7.11 Å². The van der Waals surface area contributed by atoms with Crippen molar-refractivity contribution in [3.8, 4) is 16.5 Å². The summed E-state index contributed by atoms with van der Waals surface area (Å²) in [6.07, 6.45) is 0. The highest BCUT2D eigenvalue weighted by Gasteiger charge is 2.20. The third kappa shape index (κ3) is 4.51. The number of hydrogen-bond acceptors (Lipinski definition) is 6. The lowest BCUT2D eigenvalue weighted by molar-refractivity contribution is -0.120. The van der Waals surface area contributed by atoms with Gasteiger partial charge in [0.15, 0.2) is 11.0 Å². The molecule has 0 fully saturated rings. The van der Waals surface area contributed by atoms with E-state index in [0.717, 1.165) is 33.7 Å². The molecule has 0 saturated heterocycles. The highest BCUT2D eigenvalue weighted by atomic mass is 32.2. The number of carbonyl (C=O) groups excluding carboxylic acids is 1. The van der Waals surface area contributed by atoms with Gasteiger partial charge in [-0.15, -0.1) is 21.5 Å². The van der Waals surface area contributed by atoms with E-state index < -0.39 is 0 Å². The lowest BCUT2D eigenvalue weighted by Gasteiger charge is -2.14. The Kier molecular flexibility index (Phi) is 6.52. The maximum Gasteiger partial charge on any atom is 0.233 e. The molecule has 1 N–H and O–H groups in total. The summed E-state index contributed by atoms with van der Waals surface area (Å²) in [5, 5.41) is 14.1. The number of methoxy groups -OCH3 is 1. The zero-order valence-electron chi connectivity index (χ0n) is 15.5. The van der Waals surface area contributed by atoms with Gasteiger partial charge in [0.2, 0.25) is 5.91 Å². The standard InChI is InChI=1S/C19H22N4O2S2/c1-4-23-17(16-10-7-11-26-16)21-22-19(23)27-13(2)18(24)20-12-14-8-5-6-9-15(14)25-3/h5-11,13H,4,12H2,1-3H3,(H,20,24)/t13-/m0/s1. The Bertz CT molecular complexity index is 893. The Morgan fingerprint density at radius 1 is 1.30 bits per heavy atom. The molecule has 0 aliphatic heterocycles. The summed E-state index contributed by atoms with van der Waals surface area (Å²) in [6.45, 7) is 5.10. The molecule has 27 heavy (non-hydrogen) atoms. The third-order valence-corrected chi connectivity index (χ3v) is 6.02. The number of rotatable bonds is 8. The molecule has 3 rings (SSSR count). The van der Waals surface area contributed by atoms with E-state index in [-0.39, 0.29) is 11.2 Å². The predicted octanol–water partition coefficient (Wildman–Crippen LogP) is 3.83. The van der Waals surface area contributed by atoms with Crippen molar-refractivity contribution < 1.29 is 9.53 Å². The van der Waals surface area contributed by atoms with Gasteiger partial charge in [0.1, 0.15) is 5.75 Å². The second kappa shape index (κ2) is 9.05. The first-order valence-electron chi connectivity index (χ1n) is 8.67. The second-order valence-electron chi connectivity index (χ2n) is 5.82. The number of amides is 1. The van der Waals surface area contributed by atoms with Gasteiger partial charge < -0.3 is 14.6 Å². The number of aromatic nitrogens is 3. The summed E-state index contributed by atoms with van der Waals surface area (Å²) in [6, 6.07) is 11.7. The fourth-order valence-corrected chi connectivity index (χ4v) is 4.29. The number of ether oxygens (including phenoxy) is 1. The second-order valence-corrected chi connectivity index (χ2v) is 8.07. The Hall–Kier alpha value is -2.32. The van der Waals surface area contributed by atoms with E-state index in [1.165, 1.54) is 11.8 Å². The first kappa shape index (κ1) is 19.4. The van der Waals surface area contributed by atoms with Crippen LogP contribution in [0.3, 0.4) is 0 Å². The highest BCUT2D eigenvalue weighted by Crippen LogP contribution is 2.29. The van der Waals surface area contributed by atoms with Crippen LogP contribution in [-0.4, -0.2) is 33.0 Å². The van der Waals surface area contributed by atoms with Crippen molar-refractivity contribution in [3.63, 3.8) is 0 Å². The van der Waals surface area contributed by atoms with Crippen molar-refractivity contribution >= 4 is 29.0 Å². The van der Waals surface area contributed by atoms with Crippen molar-refractivity contribution in [2.24, 2.45) is 0 Å². The average Bonchev–Trinajstić information content (AvgIpc) is 3.35. The molecule has 0 bridgehead atoms. The van der Waals surface area contributed by atoms with Gasteiger partial charge in [0.25, 0.3) is 0 Å². The van der Waals surface area contributed by atoms with Crippen molar-refractivity contribution in [1.29, 1.82) is 0 Å². The van der Waals surface area contributed by atoms with Crippen LogP contribution in [0.15, 0.2) is 46.9 Å². The molecule has 0 saturated carbocycles. The number of nitrogens with zero attached hydrogens (tertiary/aromatic N) is 3. The molecule has 3 aromatic rings. The minimum absolute atomic E-state index is 0.0470. The van der Waals surface area contributed by atoms with Gasteiger partial charge in [0.05, 0.1) is 17.2 Å². The van der Waals surface area contributed by atoms with E-state index in [1.807, 2.05) is 53.3 Å². The largest absolute Gasteiger partial charge is 0.496 e. The number of thiophene rings is 1. The fraction of sp³-hybridized carbons (Fsp3) is 0.316. The topological polar surface area (TPSA) is 69.0 Å². The van der Waals surface area contributed by atoms with Crippen molar-refractivity contribution in [1.82, 2.24) is 20.1 Å². The molecule has 0 aliphatic carbocycles. The Labute approximate surface area is 167 Å². The lowest BCUT2D eigenvalue weighted by atomic mass is 10.2. The first-order valence-corrected chi connectivity index (χ1v) is 10.4. The zero-order valence-corrected chi connectivity index (χ0v) is 17.1. The minimum Gasteiger partial charge on any atom is -0.496 e. The predicted molar refractivity (Wildman–Crippen MR) is 109 cm³/mol.